The Labute approximate surface area is 123 Å². The van der Waals surface area contributed by atoms with Gasteiger partial charge in [0.25, 0.3) is 0 Å². The summed E-state index contributed by atoms with van der Waals surface area (Å²) in [6.45, 7) is 3.12. The van der Waals surface area contributed by atoms with E-state index in [1.807, 2.05) is 0 Å². The van der Waals surface area contributed by atoms with Crippen molar-refractivity contribution in [1.29, 1.82) is 0 Å². The van der Waals surface area contributed by atoms with Gasteiger partial charge in [0, 0.05) is 6.54 Å². The molecule has 0 spiro atoms. The van der Waals surface area contributed by atoms with Gasteiger partial charge in [0.15, 0.2) is 0 Å². The van der Waals surface area contributed by atoms with Crippen molar-refractivity contribution in [3.8, 4) is 0 Å². The maximum Gasteiger partial charge on any atom is 0.240 e. The monoisotopic (exact) mass is 288 g/mol. The SMILES string of the molecule is CCC1CCC(CNC(=O)C2(N)CCCC2)CC1.Cl. The first-order valence-electron chi connectivity index (χ1n) is 7.71. The van der Waals surface area contributed by atoms with Crippen LogP contribution in [0.25, 0.3) is 0 Å². The lowest BCUT2D eigenvalue weighted by atomic mass is 9.81. The summed E-state index contributed by atoms with van der Waals surface area (Å²) in [5.41, 5.74) is 5.59. The first-order chi connectivity index (χ1) is 8.64. The predicted molar refractivity (Wildman–Crippen MR) is 81.4 cm³/mol. The molecule has 2 aliphatic rings. The molecular formula is C15H29ClN2O. The van der Waals surface area contributed by atoms with Gasteiger partial charge in [0.1, 0.15) is 0 Å². The first-order valence-corrected chi connectivity index (χ1v) is 7.71. The number of nitrogens with two attached hydrogens (primary N) is 1. The Hall–Kier alpha value is -0.280. The van der Waals surface area contributed by atoms with E-state index < -0.39 is 5.54 Å². The third kappa shape index (κ3) is 4.35. The van der Waals surface area contributed by atoms with E-state index >= 15 is 0 Å². The summed E-state index contributed by atoms with van der Waals surface area (Å²) in [6.07, 6.45) is 10.5. The summed E-state index contributed by atoms with van der Waals surface area (Å²) >= 11 is 0. The second-order valence-corrected chi connectivity index (χ2v) is 6.37. The highest BCUT2D eigenvalue weighted by Gasteiger charge is 2.37. The van der Waals surface area contributed by atoms with E-state index in [0.717, 1.165) is 38.1 Å². The standard InChI is InChI=1S/C15H28N2O.ClH/c1-2-12-5-7-13(8-6-12)11-17-14(18)15(16)9-3-4-10-15;/h12-13H,2-11,16H2,1H3,(H,17,18);1H. The molecule has 0 unspecified atom stereocenters. The zero-order valence-electron chi connectivity index (χ0n) is 12.1. The summed E-state index contributed by atoms with van der Waals surface area (Å²) in [5.74, 6) is 1.70. The van der Waals surface area contributed by atoms with Gasteiger partial charge in [-0.2, -0.15) is 0 Å². The van der Waals surface area contributed by atoms with E-state index in [2.05, 4.69) is 12.2 Å². The van der Waals surface area contributed by atoms with Gasteiger partial charge < -0.3 is 11.1 Å². The fourth-order valence-corrected chi connectivity index (χ4v) is 3.49. The molecule has 2 rings (SSSR count). The van der Waals surface area contributed by atoms with Crippen molar-refractivity contribution in [3.63, 3.8) is 0 Å². The first kappa shape index (κ1) is 16.8. The van der Waals surface area contributed by atoms with Gasteiger partial charge in [-0.1, -0.05) is 39.0 Å². The molecule has 4 heteroatoms. The summed E-state index contributed by atoms with van der Waals surface area (Å²) in [7, 11) is 0. The molecule has 0 heterocycles. The molecule has 0 bridgehead atoms. The number of nitrogens with one attached hydrogen (secondary N) is 1. The van der Waals surface area contributed by atoms with Crippen LogP contribution in [-0.2, 0) is 4.79 Å². The highest BCUT2D eigenvalue weighted by molar-refractivity contribution is 5.86. The molecule has 0 atom stereocenters. The van der Waals surface area contributed by atoms with Gasteiger partial charge in [-0.15, -0.1) is 12.4 Å². The second kappa shape index (κ2) is 7.49. The van der Waals surface area contributed by atoms with Crippen molar-refractivity contribution in [2.45, 2.75) is 70.3 Å². The van der Waals surface area contributed by atoms with E-state index in [1.165, 1.54) is 32.1 Å². The number of hydrogen-bond acceptors (Lipinski definition) is 2. The van der Waals surface area contributed by atoms with Crippen molar-refractivity contribution in [1.82, 2.24) is 5.32 Å². The molecule has 2 fully saturated rings. The molecule has 3 N–H and O–H groups in total. The van der Waals surface area contributed by atoms with Crippen LogP contribution in [0.15, 0.2) is 0 Å². The number of hydrogen-bond donors (Lipinski definition) is 2. The maximum absolute atomic E-state index is 12.1. The largest absolute Gasteiger partial charge is 0.354 e. The van der Waals surface area contributed by atoms with E-state index in [4.69, 9.17) is 5.73 Å². The van der Waals surface area contributed by atoms with Crippen LogP contribution in [0.2, 0.25) is 0 Å². The van der Waals surface area contributed by atoms with Gasteiger partial charge in [-0.3, -0.25) is 4.79 Å². The van der Waals surface area contributed by atoms with Crippen molar-refractivity contribution >= 4 is 18.3 Å². The molecule has 0 aromatic carbocycles. The minimum atomic E-state index is -0.555. The number of amides is 1. The lowest BCUT2D eigenvalue weighted by molar-refractivity contribution is -0.126. The van der Waals surface area contributed by atoms with Crippen molar-refractivity contribution in [2.75, 3.05) is 6.54 Å². The fourth-order valence-electron chi connectivity index (χ4n) is 3.49. The zero-order chi connectivity index (χ0) is 13.0. The number of carbonyl (C=O) groups is 1. The average molecular weight is 289 g/mol. The Balaban J connectivity index is 0.00000180. The summed E-state index contributed by atoms with van der Waals surface area (Å²) in [6, 6.07) is 0. The lowest BCUT2D eigenvalue weighted by Gasteiger charge is -2.29. The highest BCUT2D eigenvalue weighted by atomic mass is 35.5. The molecule has 112 valence electrons. The second-order valence-electron chi connectivity index (χ2n) is 6.37. The quantitative estimate of drug-likeness (QED) is 0.835. The minimum absolute atomic E-state index is 0. The Morgan fingerprint density at radius 1 is 1.16 bits per heavy atom. The van der Waals surface area contributed by atoms with Crippen LogP contribution in [-0.4, -0.2) is 18.0 Å². The minimum Gasteiger partial charge on any atom is -0.354 e. The van der Waals surface area contributed by atoms with Gasteiger partial charge >= 0.3 is 0 Å². The predicted octanol–water partition coefficient (Wildman–Crippen LogP) is 3.01. The van der Waals surface area contributed by atoms with Crippen LogP contribution < -0.4 is 11.1 Å². The molecule has 0 aromatic heterocycles. The number of carbonyl (C=O) groups excluding carboxylic acids is 1. The van der Waals surface area contributed by atoms with Crippen LogP contribution in [0.1, 0.15) is 64.7 Å². The van der Waals surface area contributed by atoms with Crippen LogP contribution >= 0.6 is 12.4 Å². The third-order valence-electron chi connectivity index (χ3n) is 5.04. The Bertz CT molecular complexity index is 282. The van der Waals surface area contributed by atoms with Crippen LogP contribution in [0.3, 0.4) is 0 Å². The van der Waals surface area contributed by atoms with Crippen LogP contribution in [0.4, 0.5) is 0 Å². The molecule has 19 heavy (non-hydrogen) atoms. The summed E-state index contributed by atoms with van der Waals surface area (Å²) < 4.78 is 0. The highest BCUT2D eigenvalue weighted by Crippen LogP contribution is 2.31. The van der Waals surface area contributed by atoms with E-state index in [9.17, 15) is 4.79 Å². The van der Waals surface area contributed by atoms with Crippen molar-refractivity contribution in [2.24, 2.45) is 17.6 Å². The lowest BCUT2D eigenvalue weighted by Crippen LogP contribution is -2.52. The smallest absolute Gasteiger partial charge is 0.240 e. The Morgan fingerprint density at radius 2 is 1.68 bits per heavy atom. The van der Waals surface area contributed by atoms with Crippen LogP contribution in [0, 0.1) is 11.8 Å². The third-order valence-corrected chi connectivity index (χ3v) is 5.04. The molecule has 1 amide bonds. The molecule has 0 saturated heterocycles. The zero-order valence-corrected chi connectivity index (χ0v) is 12.9. The summed E-state index contributed by atoms with van der Waals surface area (Å²) in [4.78, 5) is 12.1. The molecule has 0 aliphatic heterocycles. The van der Waals surface area contributed by atoms with Gasteiger partial charge in [-0.25, -0.2) is 0 Å². The topological polar surface area (TPSA) is 55.1 Å². The molecule has 0 radical (unpaired) electrons. The molecule has 2 aliphatic carbocycles. The molecule has 0 aromatic rings. The van der Waals surface area contributed by atoms with Crippen LogP contribution in [0.5, 0.6) is 0 Å². The Morgan fingerprint density at radius 3 is 2.21 bits per heavy atom. The van der Waals surface area contributed by atoms with Gasteiger partial charge in [-0.05, 0) is 37.5 Å². The molecule has 2 saturated carbocycles. The number of halogens is 1. The fraction of sp³-hybridized carbons (Fsp3) is 0.933. The van der Waals surface area contributed by atoms with E-state index in [0.29, 0.717) is 5.92 Å². The normalized spacial score (nSPS) is 29.6. The summed E-state index contributed by atoms with van der Waals surface area (Å²) in [5, 5.41) is 3.10. The van der Waals surface area contributed by atoms with Gasteiger partial charge in [0.05, 0.1) is 5.54 Å². The van der Waals surface area contributed by atoms with Crippen molar-refractivity contribution < 1.29 is 4.79 Å². The number of rotatable bonds is 4. The molecule has 3 nitrogen and oxygen atoms in total. The Kier molecular flexibility index (Phi) is 6.61. The maximum atomic E-state index is 12.1. The molecular weight excluding hydrogens is 260 g/mol. The van der Waals surface area contributed by atoms with E-state index in [-0.39, 0.29) is 18.3 Å². The van der Waals surface area contributed by atoms with Crippen molar-refractivity contribution in [3.05, 3.63) is 0 Å². The average Bonchev–Trinajstić information content (AvgIpc) is 2.85. The van der Waals surface area contributed by atoms with E-state index in [1.54, 1.807) is 0 Å². The van der Waals surface area contributed by atoms with Gasteiger partial charge in [0.2, 0.25) is 5.91 Å².